The van der Waals surface area contributed by atoms with Crippen LogP contribution in [0.4, 0.5) is 0 Å². The van der Waals surface area contributed by atoms with Crippen molar-refractivity contribution in [1.82, 2.24) is 10.1 Å². The fraction of sp³-hybridized carbons (Fsp3) is 0. The van der Waals surface area contributed by atoms with E-state index >= 15 is 0 Å². The zero-order valence-corrected chi connectivity index (χ0v) is 19.0. The van der Waals surface area contributed by atoms with Crippen molar-refractivity contribution in [2.24, 2.45) is 0 Å². The second kappa shape index (κ2) is 8.52. The summed E-state index contributed by atoms with van der Waals surface area (Å²) < 4.78 is 11.0. The Labute approximate surface area is 203 Å². The second-order valence-corrected chi connectivity index (χ2v) is 8.71. The molecule has 0 bridgehead atoms. The van der Waals surface area contributed by atoms with E-state index in [0.717, 1.165) is 27.4 Å². The standard InChI is InChI=1S/C28H15N3O3S/c29-15-20(12-17-10-11-23-21(13-17)26(34-31-23)18-6-2-1-3-7-18)27-30-24(16-35-27)22-14-19-8-4-5-9-25(19)33-28(22)32/h1-14,16H. The zero-order chi connectivity index (χ0) is 23.8. The molecular weight excluding hydrogens is 458 g/mol. The van der Waals surface area contributed by atoms with Gasteiger partial charge < -0.3 is 8.94 Å². The molecule has 166 valence electrons. The first kappa shape index (κ1) is 20.8. The Morgan fingerprint density at radius 1 is 1.00 bits per heavy atom. The highest BCUT2D eigenvalue weighted by Crippen LogP contribution is 2.31. The number of nitrogens with zero attached hydrogens (tertiary/aromatic N) is 3. The molecule has 3 aromatic carbocycles. The first-order chi connectivity index (χ1) is 17.2. The maximum atomic E-state index is 12.5. The summed E-state index contributed by atoms with van der Waals surface area (Å²) in [6, 6.07) is 26.7. The molecule has 0 saturated heterocycles. The average Bonchev–Trinajstić information content (AvgIpc) is 3.55. The van der Waals surface area contributed by atoms with Crippen molar-refractivity contribution in [3.8, 4) is 28.7 Å². The molecule has 6 rings (SSSR count). The molecule has 0 saturated carbocycles. The fourth-order valence-electron chi connectivity index (χ4n) is 3.92. The lowest BCUT2D eigenvalue weighted by Crippen LogP contribution is -2.02. The van der Waals surface area contributed by atoms with E-state index in [9.17, 15) is 10.1 Å². The Morgan fingerprint density at radius 3 is 2.69 bits per heavy atom. The molecule has 0 spiro atoms. The Morgan fingerprint density at radius 2 is 1.83 bits per heavy atom. The van der Waals surface area contributed by atoms with Crippen molar-refractivity contribution >= 4 is 44.9 Å². The Balaban J connectivity index is 1.39. The van der Waals surface area contributed by atoms with Gasteiger partial charge in [0, 0.05) is 16.3 Å². The highest BCUT2D eigenvalue weighted by molar-refractivity contribution is 7.11. The third-order valence-corrected chi connectivity index (χ3v) is 6.50. The molecule has 6 aromatic rings. The SMILES string of the molecule is N#CC(=Cc1ccc2noc(-c3ccccc3)c2c1)c1nc(-c2cc3ccccc3oc2=O)cs1. The van der Waals surface area contributed by atoms with Gasteiger partial charge in [-0.2, -0.15) is 5.26 Å². The number of thiazole rings is 1. The topological polar surface area (TPSA) is 92.9 Å². The van der Waals surface area contributed by atoms with Crippen molar-refractivity contribution in [2.75, 3.05) is 0 Å². The summed E-state index contributed by atoms with van der Waals surface area (Å²) in [6.45, 7) is 0. The number of benzene rings is 3. The van der Waals surface area contributed by atoms with Crippen molar-refractivity contribution < 1.29 is 8.94 Å². The number of para-hydroxylation sites is 1. The predicted octanol–water partition coefficient (Wildman–Crippen LogP) is 6.79. The molecule has 0 aliphatic heterocycles. The quantitative estimate of drug-likeness (QED) is 0.207. The molecule has 0 aliphatic carbocycles. The summed E-state index contributed by atoms with van der Waals surface area (Å²) in [5.41, 5.74) is 3.77. The predicted molar refractivity (Wildman–Crippen MR) is 137 cm³/mol. The normalized spacial score (nSPS) is 11.7. The largest absolute Gasteiger partial charge is 0.422 e. The van der Waals surface area contributed by atoms with Gasteiger partial charge in [-0.25, -0.2) is 9.78 Å². The van der Waals surface area contributed by atoms with Crippen LogP contribution >= 0.6 is 11.3 Å². The molecule has 0 amide bonds. The minimum absolute atomic E-state index is 0.363. The van der Waals surface area contributed by atoms with E-state index in [1.165, 1.54) is 11.3 Å². The third-order valence-electron chi connectivity index (χ3n) is 5.62. The van der Waals surface area contributed by atoms with E-state index in [1.807, 2.05) is 66.7 Å². The van der Waals surface area contributed by atoms with Crippen LogP contribution in [0.15, 0.2) is 98.0 Å². The van der Waals surface area contributed by atoms with Gasteiger partial charge in [0.2, 0.25) is 0 Å². The molecule has 0 unspecified atom stereocenters. The minimum Gasteiger partial charge on any atom is -0.422 e. The van der Waals surface area contributed by atoms with Gasteiger partial charge in [-0.1, -0.05) is 59.8 Å². The van der Waals surface area contributed by atoms with Crippen LogP contribution in [-0.4, -0.2) is 10.1 Å². The first-order valence-corrected chi connectivity index (χ1v) is 11.6. The fourth-order valence-corrected chi connectivity index (χ4v) is 4.70. The first-order valence-electron chi connectivity index (χ1n) is 10.8. The van der Waals surface area contributed by atoms with E-state index in [-0.39, 0.29) is 0 Å². The molecule has 3 heterocycles. The van der Waals surface area contributed by atoms with Crippen LogP contribution in [0.25, 0.3) is 56.1 Å². The molecular formula is C28H15N3O3S. The van der Waals surface area contributed by atoms with Crippen LogP contribution in [0.5, 0.6) is 0 Å². The number of hydrogen-bond donors (Lipinski definition) is 0. The highest BCUT2D eigenvalue weighted by Gasteiger charge is 2.15. The highest BCUT2D eigenvalue weighted by atomic mass is 32.1. The van der Waals surface area contributed by atoms with Crippen LogP contribution in [0.1, 0.15) is 10.6 Å². The summed E-state index contributed by atoms with van der Waals surface area (Å²) in [4.78, 5) is 17.1. The third kappa shape index (κ3) is 3.82. The van der Waals surface area contributed by atoms with Gasteiger partial charge in [0.25, 0.3) is 0 Å². The van der Waals surface area contributed by atoms with Crippen LogP contribution in [0.2, 0.25) is 0 Å². The number of fused-ring (bicyclic) bond motifs is 2. The van der Waals surface area contributed by atoms with Crippen LogP contribution < -0.4 is 5.63 Å². The van der Waals surface area contributed by atoms with E-state index in [1.54, 1.807) is 23.6 Å². The number of rotatable bonds is 4. The smallest absolute Gasteiger partial charge is 0.345 e. The van der Waals surface area contributed by atoms with Crippen LogP contribution in [-0.2, 0) is 0 Å². The molecule has 3 aromatic heterocycles. The molecule has 0 radical (unpaired) electrons. The van der Waals surface area contributed by atoms with Crippen molar-refractivity contribution in [1.29, 1.82) is 5.26 Å². The monoisotopic (exact) mass is 473 g/mol. The van der Waals surface area contributed by atoms with E-state index in [4.69, 9.17) is 8.94 Å². The van der Waals surface area contributed by atoms with E-state index < -0.39 is 5.63 Å². The Bertz CT molecular complexity index is 1840. The summed E-state index contributed by atoms with van der Waals surface area (Å²) in [5.74, 6) is 0.675. The summed E-state index contributed by atoms with van der Waals surface area (Å²) in [7, 11) is 0. The summed E-state index contributed by atoms with van der Waals surface area (Å²) >= 11 is 1.30. The number of allylic oxidation sites excluding steroid dienone is 1. The lowest BCUT2D eigenvalue weighted by atomic mass is 10.0. The minimum atomic E-state index is -0.464. The van der Waals surface area contributed by atoms with Gasteiger partial charge in [-0.15, -0.1) is 11.3 Å². The number of hydrogen-bond acceptors (Lipinski definition) is 7. The number of aromatic nitrogens is 2. The van der Waals surface area contributed by atoms with Crippen LogP contribution in [0.3, 0.4) is 0 Å². The van der Waals surface area contributed by atoms with Crippen molar-refractivity contribution in [2.45, 2.75) is 0 Å². The molecule has 0 fully saturated rings. The molecule has 0 aliphatic rings. The summed E-state index contributed by atoms with van der Waals surface area (Å²) in [5, 5.41) is 18.0. The Kier molecular flexibility index (Phi) is 5.06. The molecule has 7 heteroatoms. The Hall–Kier alpha value is -4.80. The average molecular weight is 474 g/mol. The van der Waals surface area contributed by atoms with Crippen molar-refractivity contribution in [3.05, 3.63) is 105 Å². The van der Waals surface area contributed by atoms with Gasteiger partial charge in [-0.3, -0.25) is 0 Å². The van der Waals surface area contributed by atoms with Gasteiger partial charge in [0.15, 0.2) is 5.76 Å². The van der Waals surface area contributed by atoms with Gasteiger partial charge in [0.1, 0.15) is 22.2 Å². The van der Waals surface area contributed by atoms with Gasteiger partial charge in [0.05, 0.1) is 22.2 Å². The molecule has 0 N–H and O–H groups in total. The lowest BCUT2D eigenvalue weighted by molar-refractivity contribution is 0.441. The maximum Gasteiger partial charge on any atom is 0.345 e. The lowest BCUT2D eigenvalue weighted by Gasteiger charge is -2.00. The molecule has 35 heavy (non-hydrogen) atoms. The van der Waals surface area contributed by atoms with Gasteiger partial charge >= 0.3 is 5.63 Å². The van der Waals surface area contributed by atoms with E-state index in [0.29, 0.717) is 33.2 Å². The summed E-state index contributed by atoms with van der Waals surface area (Å²) in [6.07, 6.45) is 1.77. The second-order valence-electron chi connectivity index (χ2n) is 7.85. The van der Waals surface area contributed by atoms with Crippen molar-refractivity contribution in [3.63, 3.8) is 0 Å². The number of nitriles is 1. The van der Waals surface area contributed by atoms with Crippen LogP contribution in [0, 0.1) is 11.3 Å². The zero-order valence-electron chi connectivity index (χ0n) is 18.1. The maximum absolute atomic E-state index is 12.5. The molecule has 6 nitrogen and oxygen atoms in total. The van der Waals surface area contributed by atoms with Gasteiger partial charge in [-0.05, 0) is 35.9 Å². The molecule has 0 atom stereocenters. The van der Waals surface area contributed by atoms with E-state index in [2.05, 4.69) is 16.2 Å².